The van der Waals surface area contributed by atoms with Crippen LogP contribution in [0.4, 0.5) is 0 Å². The average molecular weight is 367 g/mol. The Labute approximate surface area is 156 Å². The SMILES string of the molecule is Cc1noc(C)c1-c1cccc(C(=O)NCc2ccc(C(=O)N(C)C)o2)c1. The Bertz CT molecular complexity index is 965. The molecule has 0 aliphatic rings. The number of nitrogens with one attached hydrogen (secondary N) is 1. The Morgan fingerprint density at radius 1 is 1.15 bits per heavy atom. The van der Waals surface area contributed by atoms with Crippen LogP contribution >= 0.6 is 0 Å². The summed E-state index contributed by atoms with van der Waals surface area (Å²) >= 11 is 0. The molecule has 2 heterocycles. The number of hydrogen-bond acceptors (Lipinski definition) is 5. The van der Waals surface area contributed by atoms with Crippen molar-refractivity contribution in [1.29, 1.82) is 0 Å². The van der Waals surface area contributed by atoms with Crippen LogP contribution in [-0.2, 0) is 6.54 Å². The summed E-state index contributed by atoms with van der Waals surface area (Å²) < 4.78 is 10.7. The summed E-state index contributed by atoms with van der Waals surface area (Å²) in [5, 5.41) is 6.75. The number of nitrogens with zero attached hydrogens (tertiary/aromatic N) is 2. The Balaban J connectivity index is 1.70. The molecule has 2 amide bonds. The Morgan fingerprint density at radius 2 is 1.93 bits per heavy atom. The van der Waals surface area contributed by atoms with Gasteiger partial charge in [-0.15, -0.1) is 0 Å². The second-order valence-electron chi connectivity index (χ2n) is 6.43. The van der Waals surface area contributed by atoms with Gasteiger partial charge in [0, 0.05) is 25.2 Å². The average Bonchev–Trinajstić information content (AvgIpc) is 3.25. The van der Waals surface area contributed by atoms with Gasteiger partial charge in [0.25, 0.3) is 11.8 Å². The lowest BCUT2D eigenvalue weighted by Crippen LogP contribution is -2.23. The van der Waals surface area contributed by atoms with E-state index in [9.17, 15) is 9.59 Å². The lowest BCUT2D eigenvalue weighted by atomic mass is 10.0. The van der Waals surface area contributed by atoms with Crippen molar-refractivity contribution in [1.82, 2.24) is 15.4 Å². The zero-order valence-corrected chi connectivity index (χ0v) is 15.7. The van der Waals surface area contributed by atoms with Gasteiger partial charge in [-0.2, -0.15) is 0 Å². The van der Waals surface area contributed by atoms with Crippen LogP contribution in [0.15, 0.2) is 45.3 Å². The van der Waals surface area contributed by atoms with Crippen LogP contribution in [0.1, 0.15) is 38.1 Å². The summed E-state index contributed by atoms with van der Waals surface area (Å²) in [5.74, 6) is 0.999. The van der Waals surface area contributed by atoms with E-state index in [1.165, 1.54) is 4.90 Å². The zero-order valence-electron chi connectivity index (χ0n) is 15.7. The fourth-order valence-electron chi connectivity index (χ4n) is 2.79. The van der Waals surface area contributed by atoms with Gasteiger partial charge >= 0.3 is 0 Å². The van der Waals surface area contributed by atoms with Crippen LogP contribution in [0, 0.1) is 13.8 Å². The van der Waals surface area contributed by atoms with Crippen molar-refractivity contribution in [2.75, 3.05) is 14.1 Å². The van der Waals surface area contributed by atoms with Crippen molar-refractivity contribution in [2.24, 2.45) is 0 Å². The smallest absolute Gasteiger partial charge is 0.289 e. The van der Waals surface area contributed by atoms with E-state index in [0.29, 0.717) is 17.1 Å². The zero-order chi connectivity index (χ0) is 19.6. The quantitative estimate of drug-likeness (QED) is 0.748. The van der Waals surface area contributed by atoms with E-state index >= 15 is 0 Å². The Kier molecular flexibility index (Phi) is 5.12. The van der Waals surface area contributed by atoms with Crippen molar-refractivity contribution >= 4 is 11.8 Å². The van der Waals surface area contributed by atoms with Crippen molar-refractivity contribution in [3.8, 4) is 11.1 Å². The molecule has 0 aliphatic carbocycles. The highest BCUT2D eigenvalue weighted by molar-refractivity contribution is 5.95. The van der Waals surface area contributed by atoms with Gasteiger partial charge in [-0.1, -0.05) is 17.3 Å². The number of aromatic nitrogens is 1. The third-order valence-corrected chi connectivity index (χ3v) is 4.15. The van der Waals surface area contributed by atoms with Gasteiger partial charge in [0.15, 0.2) is 5.76 Å². The molecule has 0 radical (unpaired) electrons. The van der Waals surface area contributed by atoms with E-state index in [2.05, 4.69) is 10.5 Å². The molecule has 2 aromatic heterocycles. The molecule has 0 saturated heterocycles. The van der Waals surface area contributed by atoms with Crippen LogP contribution in [0.2, 0.25) is 0 Å². The maximum atomic E-state index is 12.5. The summed E-state index contributed by atoms with van der Waals surface area (Å²) in [6, 6.07) is 10.5. The van der Waals surface area contributed by atoms with Crippen LogP contribution in [0.25, 0.3) is 11.1 Å². The highest BCUT2D eigenvalue weighted by Gasteiger charge is 2.15. The van der Waals surface area contributed by atoms with Gasteiger partial charge in [0.05, 0.1) is 12.2 Å². The standard InChI is InChI=1S/C20H21N3O4/c1-12-18(13(2)27-22-12)14-6-5-7-15(10-14)19(24)21-11-16-8-9-17(26-16)20(25)23(3)4/h5-10H,11H2,1-4H3,(H,21,24). The first kappa shape index (κ1) is 18.4. The summed E-state index contributed by atoms with van der Waals surface area (Å²) in [6.45, 7) is 3.89. The molecule has 1 N–H and O–H groups in total. The number of aryl methyl sites for hydroxylation is 2. The summed E-state index contributed by atoms with van der Waals surface area (Å²) in [6.07, 6.45) is 0. The molecule has 0 spiro atoms. The summed E-state index contributed by atoms with van der Waals surface area (Å²) in [7, 11) is 3.30. The minimum absolute atomic E-state index is 0.190. The third kappa shape index (κ3) is 3.92. The Morgan fingerprint density at radius 3 is 2.59 bits per heavy atom. The second kappa shape index (κ2) is 7.49. The minimum atomic E-state index is -0.236. The predicted molar refractivity (Wildman–Crippen MR) is 99.3 cm³/mol. The topological polar surface area (TPSA) is 88.6 Å². The van der Waals surface area contributed by atoms with Gasteiger partial charge in [-0.25, -0.2) is 0 Å². The number of amides is 2. The molecule has 0 atom stereocenters. The summed E-state index contributed by atoms with van der Waals surface area (Å²) in [5.41, 5.74) is 3.06. The minimum Gasteiger partial charge on any atom is -0.454 e. The van der Waals surface area contributed by atoms with Crippen LogP contribution < -0.4 is 5.32 Å². The van der Waals surface area contributed by atoms with Gasteiger partial charge in [-0.3, -0.25) is 9.59 Å². The lowest BCUT2D eigenvalue weighted by molar-refractivity contribution is 0.0794. The molecule has 140 valence electrons. The predicted octanol–water partition coefficient (Wildman–Crippen LogP) is 3.18. The molecule has 0 bridgehead atoms. The molecule has 0 aliphatic heterocycles. The fourth-order valence-corrected chi connectivity index (χ4v) is 2.79. The van der Waals surface area contributed by atoms with Crippen molar-refractivity contribution < 1.29 is 18.5 Å². The van der Waals surface area contributed by atoms with Gasteiger partial charge in [0.2, 0.25) is 0 Å². The van der Waals surface area contributed by atoms with E-state index in [1.807, 2.05) is 26.0 Å². The number of rotatable bonds is 5. The van der Waals surface area contributed by atoms with Crippen LogP contribution in [0.3, 0.4) is 0 Å². The van der Waals surface area contributed by atoms with Gasteiger partial charge in [0.1, 0.15) is 11.5 Å². The Hall–Kier alpha value is -3.35. The largest absolute Gasteiger partial charge is 0.454 e. The molecule has 27 heavy (non-hydrogen) atoms. The molecule has 7 nitrogen and oxygen atoms in total. The normalized spacial score (nSPS) is 10.7. The van der Waals surface area contributed by atoms with Crippen molar-refractivity contribution in [3.63, 3.8) is 0 Å². The molecule has 7 heteroatoms. The highest BCUT2D eigenvalue weighted by atomic mass is 16.5. The van der Waals surface area contributed by atoms with Gasteiger partial charge in [-0.05, 0) is 43.7 Å². The van der Waals surface area contributed by atoms with E-state index < -0.39 is 0 Å². The maximum absolute atomic E-state index is 12.5. The first-order valence-corrected chi connectivity index (χ1v) is 8.48. The van der Waals surface area contributed by atoms with E-state index in [0.717, 1.165) is 16.8 Å². The van der Waals surface area contributed by atoms with Gasteiger partial charge < -0.3 is 19.2 Å². The monoisotopic (exact) mass is 367 g/mol. The number of carbonyl (C=O) groups is 2. The highest BCUT2D eigenvalue weighted by Crippen LogP contribution is 2.27. The molecule has 0 unspecified atom stereocenters. The van der Waals surface area contributed by atoms with E-state index in [1.54, 1.807) is 38.4 Å². The lowest BCUT2D eigenvalue weighted by Gasteiger charge is -2.07. The molecule has 1 aromatic carbocycles. The maximum Gasteiger partial charge on any atom is 0.289 e. The number of carbonyl (C=O) groups excluding carboxylic acids is 2. The van der Waals surface area contributed by atoms with Crippen molar-refractivity contribution in [2.45, 2.75) is 20.4 Å². The fraction of sp³-hybridized carbons (Fsp3) is 0.250. The molecule has 0 fully saturated rings. The molecular formula is C20H21N3O4. The molecule has 0 saturated carbocycles. The first-order valence-electron chi connectivity index (χ1n) is 8.48. The van der Waals surface area contributed by atoms with Crippen LogP contribution in [-0.4, -0.2) is 36.0 Å². The van der Waals surface area contributed by atoms with E-state index in [-0.39, 0.29) is 24.1 Å². The molecular weight excluding hydrogens is 346 g/mol. The number of furan rings is 1. The molecule has 3 aromatic rings. The second-order valence-corrected chi connectivity index (χ2v) is 6.43. The first-order chi connectivity index (χ1) is 12.9. The summed E-state index contributed by atoms with van der Waals surface area (Å²) in [4.78, 5) is 25.8. The number of hydrogen-bond donors (Lipinski definition) is 1. The molecule has 3 rings (SSSR count). The van der Waals surface area contributed by atoms with Crippen molar-refractivity contribution in [3.05, 3.63) is 64.9 Å². The van der Waals surface area contributed by atoms with Crippen LogP contribution in [0.5, 0.6) is 0 Å². The number of benzene rings is 1. The van der Waals surface area contributed by atoms with E-state index in [4.69, 9.17) is 8.94 Å². The third-order valence-electron chi connectivity index (χ3n) is 4.15.